The molecule has 3 rings (SSSR count). The first-order chi connectivity index (χ1) is 12.0. The molecule has 8 nitrogen and oxygen atoms in total. The van der Waals surface area contributed by atoms with Crippen LogP contribution in [0, 0.1) is 19.3 Å². The van der Waals surface area contributed by atoms with Crippen LogP contribution in [0.4, 0.5) is 5.69 Å². The third-order valence-corrected chi connectivity index (χ3v) is 4.02. The molecule has 8 heteroatoms. The maximum absolute atomic E-state index is 12.6. The normalized spacial score (nSPS) is 10.6. The van der Waals surface area contributed by atoms with Gasteiger partial charge in [-0.05, 0) is 48.7 Å². The Kier molecular flexibility index (Phi) is 4.34. The Hall–Kier alpha value is -3.42. The van der Waals surface area contributed by atoms with Gasteiger partial charge in [0.25, 0.3) is 5.91 Å². The highest BCUT2D eigenvalue weighted by Gasteiger charge is 2.13. The van der Waals surface area contributed by atoms with Crippen molar-refractivity contribution in [2.75, 3.05) is 5.32 Å². The van der Waals surface area contributed by atoms with E-state index in [-0.39, 0.29) is 11.9 Å². The molecule has 2 aromatic heterocycles. The number of aromatic nitrogens is 3. The summed E-state index contributed by atoms with van der Waals surface area (Å²) in [6, 6.07) is 5.39. The minimum atomic E-state index is -0.203. The molecule has 128 valence electrons. The van der Waals surface area contributed by atoms with Gasteiger partial charge in [-0.3, -0.25) is 15.3 Å². The topological polar surface area (TPSA) is 133 Å². The summed E-state index contributed by atoms with van der Waals surface area (Å²) >= 11 is 0. The van der Waals surface area contributed by atoms with Crippen molar-refractivity contribution in [3.05, 3.63) is 52.8 Å². The van der Waals surface area contributed by atoms with Crippen molar-refractivity contribution in [1.29, 1.82) is 5.41 Å². The van der Waals surface area contributed by atoms with Crippen molar-refractivity contribution >= 4 is 28.6 Å². The van der Waals surface area contributed by atoms with Gasteiger partial charge >= 0.3 is 0 Å². The van der Waals surface area contributed by atoms with E-state index in [1.165, 1.54) is 0 Å². The number of anilines is 1. The summed E-state index contributed by atoms with van der Waals surface area (Å²) in [4.78, 5) is 16.8. The highest BCUT2D eigenvalue weighted by atomic mass is 16.1. The number of rotatable bonds is 4. The van der Waals surface area contributed by atoms with Gasteiger partial charge in [0.15, 0.2) is 11.6 Å². The van der Waals surface area contributed by atoms with Gasteiger partial charge < -0.3 is 16.4 Å². The SMILES string of the molecule is Cc1cc(C(=O)Nc2ccnc3[nH]ncc23)cc(C)c1CNC(=N)N. The molecule has 0 bridgehead atoms. The maximum atomic E-state index is 12.6. The van der Waals surface area contributed by atoms with Crippen LogP contribution in [-0.2, 0) is 6.54 Å². The Bertz CT molecular complexity index is 938. The first-order valence-corrected chi connectivity index (χ1v) is 7.73. The fraction of sp³-hybridized carbons (Fsp3) is 0.176. The first kappa shape index (κ1) is 16.4. The van der Waals surface area contributed by atoms with Crippen LogP contribution >= 0.6 is 0 Å². The van der Waals surface area contributed by atoms with E-state index in [0.29, 0.717) is 23.4 Å². The van der Waals surface area contributed by atoms with E-state index in [1.807, 2.05) is 26.0 Å². The smallest absolute Gasteiger partial charge is 0.255 e. The molecule has 0 aliphatic rings. The number of fused-ring (bicyclic) bond motifs is 1. The van der Waals surface area contributed by atoms with E-state index in [0.717, 1.165) is 22.1 Å². The highest BCUT2D eigenvalue weighted by Crippen LogP contribution is 2.21. The number of pyridine rings is 1. The van der Waals surface area contributed by atoms with Crippen molar-refractivity contribution in [3.63, 3.8) is 0 Å². The number of H-pyrrole nitrogens is 1. The van der Waals surface area contributed by atoms with E-state index < -0.39 is 0 Å². The number of nitrogens with one attached hydrogen (secondary N) is 4. The molecule has 0 aliphatic heterocycles. The van der Waals surface area contributed by atoms with E-state index in [9.17, 15) is 4.79 Å². The average Bonchev–Trinajstić information content (AvgIpc) is 3.03. The predicted molar refractivity (Wildman–Crippen MR) is 96.5 cm³/mol. The molecular weight excluding hydrogens is 318 g/mol. The van der Waals surface area contributed by atoms with Crippen molar-refractivity contribution < 1.29 is 4.79 Å². The molecule has 0 fully saturated rings. The molecule has 0 aliphatic carbocycles. The number of nitrogens with two attached hydrogens (primary N) is 1. The van der Waals surface area contributed by atoms with Crippen LogP contribution in [0.5, 0.6) is 0 Å². The molecule has 6 N–H and O–H groups in total. The molecule has 0 saturated carbocycles. The zero-order valence-electron chi connectivity index (χ0n) is 14.0. The second-order valence-corrected chi connectivity index (χ2v) is 5.80. The third-order valence-electron chi connectivity index (χ3n) is 4.02. The molecule has 1 amide bonds. The van der Waals surface area contributed by atoms with Crippen LogP contribution in [0.1, 0.15) is 27.0 Å². The summed E-state index contributed by atoms with van der Waals surface area (Å²) in [5.41, 5.74) is 10.1. The maximum Gasteiger partial charge on any atom is 0.255 e. The quantitative estimate of drug-likeness (QED) is 0.366. The number of guanidine groups is 1. The number of hydrogen-bond acceptors (Lipinski definition) is 4. The van der Waals surface area contributed by atoms with Gasteiger partial charge in [-0.2, -0.15) is 5.10 Å². The molecule has 1 aromatic carbocycles. The minimum absolute atomic E-state index is 0.0811. The second kappa shape index (κ2) is 6.60. The van der Waals surface area contributed by atoms with Crippen LogP contribution < -0.4 is 16.4 Å². The van der Waals surface area contributed by atoms with Crippen LogP contribution in [-0.4, -0.2) is 27.0 Å². The molecule has 0 radical (unpaired) electrons. The number of aromatic amines is 1. The standard InChI is InChI=1S/C17H19N7O/c1-9-5-11(6-10(2)12(9)7-21-17(18)19)16(25)23-14-3-4-20-15-13(14)8-22-24-15/h3-6,8H,7H2,1-2H3,(H4,18,19,21)(H2,20,22,23,24,25). The van der Waals surface area contributed by atoms with Gasteiger partial charge in [0.05, 0.1) is 17.3 Å². The van der Waals surface area contributed by atoms with E-state index in [1.54, 1.807) is 18.5 Å². The van der Waals surface area contributed by atoms with Gasteiger partial charge in [-0.15, -0.1) is 0 Å². The summed E-state index contributed by atoms with van der Waals surface area (Å²) in [5.74, 6) is -0.284. The Labute approximate surface area is 144 Å². The fourth-order valence-corrected chi connectivity index (χ4v) is 2.74. The Balaban J connectivity index is 1.85. The molecule has 0 unspecified atom stereocenters. The lowest BCUT2D eigenvalue weighted by molar-refractivity contribution is 0.102. The van der Waals surface area contributed by atoms with Crippen molar-refractivity contribution in [1.82, 2.24) is 20.5 Å². The Morgan fingerprint density at radius 3 is 2.72 bits per heavy atom. The van der Waals surface area contributed by atoms with Gasteiger partial charge in [0.1, 0.15) is 0 Å². The lowest BCUT2D eigenvalue weighted by atomic mass is 9.98. The van der Waals surface area contributed by atoms with Crippen LogP contribution in [0.25, 0.3) is 11.0 Å². The van der Waals surface area contributed by atoms with Crippen molar-refractivity contribution in [3.8, 4) is 0 Å². The zero-order chi connectivity index (χ0) is 18.0. The van der Waals surface area contributed by atoms with Crippen LogP contribution in [0.2, 0.25) is 0 Å². The number of carbonyl (C=O) groups is 1. The van der Waals surface area contributed by atoms with Gasteiger partial charge in [-0.25, -0.2) is 4.98 Å². The Morgan fingerprint density at radius 2 is 2.04 bits per heavy atom. The van der Waals surface area contributed by atoms with Crippen molar-refractivity contribution in [2.24, 2.45) is 5.73 Å². The predicted octanol–water partition coefficient (Wildman–Crippen LogP) is 1.81. The van der Waals surface area contributed by atoms with E-state index >= 15 is 0 Å². The van der Waals surface area contributed by atoms with Crippen LogP contribution in [0.15, 0.2) is 30.6 Å². The summed E-state index contributed by atoms with van der Waals surface area (Å²) < 4.78 is 0. The molecule has 0 spiro atoms. The summed E-state index contributed by atoms with van der Waals surface area (Å²) in [5, 5.41) is 20.4. The van der Waals surface area contributed by atoms with Crippen LogP contribution in [0.3, 0.4) is 0 Å². The molecule has 2 heterocycles. The summed E-state index contributed by atoms with van der Waals surface area (Å²) in [7, 11) is 0. The zero-order valence-corrected chi connectivity index (χ0v) is 14.0. The van der Waals surface area contributed by atoms with E-state index in [4.69, 9.17) is 11.1 Å². The summed E-state index contributed by atoms with van der Waals surface area (Å²) in [6.45, 7) is 4.32. The largest absolute Gasteiger partial charge is 0.370 e. The lowest BCUT2D eigenvalue weighted by Gasteiger charge is -2.14. The third kappa shape index (κ3) is 3.42. The molecule has 0 atom stereocenters. The lowest BCUT2D eigenvalue weighted by Crippen LogP contribution is -2.30. The molecule has 25 heavy (non-hydrogen) atoms. The number of hydrogen-bond donors (Lipinski definition) is 5. The average molecular weight is 337 g/mol. The molecule has 0 saturated heterocycles. The second-order valence-electron chi connectivity index (χ2n) is 5.80. The number of nitrogens with zero attached hydrogens (tertiary/aromatic N) is 2. The minimum Gasteiger partial charge on any atom is -0.370 e. The van der Waals surface area contributed by atoms with Gasteiger partial charge in [0, 0.05) is 18.3 Å². The Morgan fingerprint density at radius 1 is 1.32 bits per heavy atom. The van der Waals surface area contributed by atoms with Gasteiger partial charge in [-0.1, -0.05) is 0 Å². The highest BCUT2D eigenvalue weighted by molar-refractivity contribution is 6.08. The first-order valence-electron chi connectivity index (χ1n) is 7.73. The van der Waals surface area contributed by atoms with E-state index in [2.05, 4.69) is 25.8 Å². The number of aryl methyl sites for hydroxylation is 2. The monoisotopic (exact) mass is 337 g/mol. The molecule has 3 aromatic rings. The summed E-state index contributed by atoms with van der Waals surface area (Å²) in [6.07, 6.45) is 3.24. The number of benzene rings is 1. The number of amides is 1. The van der Waals surface area contributed by atoms with Gasteiger partial charge in [0.2, 0.25) is 0 Å². The van der Waals surface area contributed by atoms with Crippen molar-refractivity contribution in [2.45, 2.75) is 20.4 Å². The molecular formula is C17H19N7O. The number of carbonyl (C=O) groups excluding carboxylic acids is 1. The fourth-order valence-electron chi connectivity index (χ4n) is 2.74.